The highest BCUT2D eigenvalue weighted by Gasteiger charge is 2.12. The predicted octanol–water partition coefficient (Wildman–Crippen LogP) is 3.21. The lowest BCUT2D eigenvalue weighted by Gasteiger charge is -2.11. The van der Waals surface area contributed by atoms with Gasteiger partial charge in [0, 0.05) is 31.5 Å². The molecule has 3 aromatic rings. The van der Waals surface area contributed by atoms with Crippen molar-refractivity contribution in [3.63, 3.8) is 0 Å². The van der Waals surface area contributed by atoms with Gasteiger partial charge in [0.1, 0.15) is 0 Å². The summed E-state index contributed by atoms with van der Waals surface area (Å²) in [7, 11) is 4.15. The van der Waals surface area contributed by atoms with Gasteiger partial charge in [-0.25, -0.2) is 4.98 Å². The smallest absolute Gasteiger partial charge is 0.202 e. The molecule has 0 bridgehead atoms. The average Bonchev–Trinajstić information content (AvgIpc) is 3.17. The standard InChI is InChI=1S/C18H22N4O/c1-4-16-11-17(23-20-16)18-19-9-10-22(18)13-15-7-5-14(6-8-15)12-21(2)3/h5-11H,4,12-13H2,1-3H3. The summed E-state index contributed by atoms with van der Waals surface area (Å²) in [5.41, 5.74) is 3.50. The highest BCUT2D eigenvalue weighted by Crippen LogP contribution is 2.20. The minimum atomic E-state index is 0.719. The summed E-state index contributed by atoms with van der Waals surface area (Å²) in [5, 5.41) is 4.04. The van der Waals surface area contributed by atoms with Crippen molar-refractivity contribution < 1.29 is 4.52 Å². The first-order valence-electron chi connectivity index (χ1n) is 7.85. The van der Waals surface area contributed by atoms with Gasteiger partial charge < -0.3 is 14.0 Å². The van der Waals surface area contributed by atoms with E-state index in [0.717, 1.165) is 36.8 Å². The first kappa shape index (κ1) is 15.5. The zero-order valence-electron chi connectivity index (χ0n) is 13.9. The molecule has 5 nitrogen and oxygen atoms in total. The fraction of sp³-hybridized carbons (Fsp3) is 0.333. The summed E-state index contributed by atoms with van der Waals surface area (Å²) in [6.45, 7) is 3.78. The molecule has 23 heavy (non-hydrogen) atoms. The summed E-state index contributed by atoms with van der Waals surface area (Å²) in [4.78, 5) is 6.57. The topological polar surface area (TPSA) is 47.1 Å². The van der Waals surface area contributed by atoms with Crippen molar-refractivity contribution >= 4 is 0 Å². The van der Waals surface area contributed by atoms with E-state index in [2.05, 4.69) is 64.9 Å². The van der Waals surface area contributed by atoms with E-state index in [0.29, 0.717) is 0 Å². The molecule has 2 aromatic heterocycles. The Labute approximate surface area is 136 Å². The maximum absolute atomic E-state index is 5.40. The van der Waals surface area contributed by atoms with Crippen LogP contribution in [0.1, 0.15) is 23.7 Å². The summed E-state index contributed by atoms with van der Waals surface area (Å²) in [5.74, 6) is 1.53. The lowest BCUT2D eigenvalue weighted by Crippen LogP contribution is -2.10. The molecule has 0 aliphatic heterocycles. The first-order valence-corrected chi connectivity index (χ1v) is 7.85. The number of rotatable bonds is 6. The maximum Gasteiger partial charge on any atom is 0.202 e. The van der Waals surface area contributed by atoms with Crippen molar-refractivity contribution in [3.05, 3.63) is 59.5 Å². The van der Waals surface area contributed by atoms with Gasteiger partial charge in [-0.3, -0.25) is 0 Å². The molecule has 5 heteroatoms. The Morgan fingerprint density at radius 3 is 2.52 bits per heavy atom. The van der Waals surface area contributed by atoms with Crippen LogP contribution in [0.25, 0.3) is 11.6 Å². The second-order valence-electron chi connectivity index (χ2n) is 5.97. The Morgan fingerprint density at radius 2 is 1.87 bits per heavy atom. The molecule has 0 N–H and O–H groups in total. The van der Waals surface area contributed by atoms with Gasteiger partial charge in [0.25, 0.3) is 0 Å². The summed E-state index contributed by atoms with van der Waals surface area (Å²) in [6, 6.07) is 10.6. The number of hydrogen-bond donors (Lipinski definition) is 0. The van der Waals surface area contributed by atoms with Gasteiger partial charge in [-0.1, -0.05) is 36.3 Å². The monoisotopic (exact) mass is 310 g/mol. The Kier molecular flexibility index (Phi) is 4.57. The number of imidazole rings is 1. The third-order valence-electron chi connectivity index (χ3n) is 3.73. The molecule has 0 fully saturated rings. The zero-order chi connectivity index (χ0) is 16.2. The Hall–Kier alpha value is -2.40. The van der Waals surface area contributed by atoms with E-state index in [9.17, 15) is 0 Å². The van der Waals surface area contributed by atoms with Crippen molar-refractivity contribution in [2.24, 2.45) is 0 Å². The summed E-state index contributed by atoms with van der Waals surface area (Å²) in [6.07, 6.45) is 4.62. The van der Waals surface area contributed by atoms with Gasteiger partial charge in [0.2, 0.25) is 5.76 Å². The van der Waals surface area contributed by atoms with Crippen LogP contribution in [-0.4, -0.2) is 33.7 Å². The van der Waals surface area contributed by atoms with Gasteiger partial charge in [0.15, 0.2) is 5.82 Å². The van der Waals surface area contributed by atoms with Crippen LogP contribution in [0.3, 0.4) is 0 Å². The quantitative estimate of drug-likeness (QED) is 0.701. The number of benzene rings is 1. The fourth-order valence-electron chi connectivity index (χ4n) is 2.56. The van der Waals surface area contributed by atoms with Crippen LogP contribution < -0.4 is 0 Å². The molecule has 0 amide bonds. The molecule has 1 aromatic carbocycles. The van der Waals surface area contributed by atoms with E-state index in [1.165, 1.54) is 11.1 Å². The first-order chi connectivity index (χ1) is 11.2. The molecule has 3 rings (SSSR count). The summed E-state index contributed by atoms with van der Waals surface area (Å²) >= 11 is 0. The SMILES string of the molecule is CCc1cc(-c2nccn2Cc2ccc(CN(C)C)cc2)on1. The number of nitrogens with zero attached hydrogens (tertiary/aromatic N) is 4. The molecular weight excluding hydrogens is 288 g/mol. The molecule has 0 atom stereocenters. The second kappa shape index (κ2) is 6.79. The maximum atomic E-state index is 5.40. The number of hydrogen-bond acceptors (Lipinski definition) is 4. The summed E-state index contributed by atoms with van der Waals surface area (Å²) < 4.78 is 7.49. The van der Waals surface area contributed by atoms with Gasteiger partial charge >= 0.3 is 0 Å². The molecule has 0 unspecified atom stereocenters. The molecular formula is C18H22N4O. The largest absolute Gasteiger partial charge is 0.353 e. The van der Waals surface area contributed by atoms with Gasteiger partial charge in [-0.15, -0.1) is 0 Å². The molecule has 0 radical (unpaired) electrons. The van der Waals surface area contributed by atoms with E-state index >= 15 is 0 Å². The highest BCUT2D eigenvalue weighted by atomic mass is 16.5. The van der Waals surface area contributed by atoms with Crippen LogP contribution in [0, 0.1) is 0 Å². The third kappa shape index (κ3) is 3.68. The minimum Gasteiger partial charge on any atom is -0.353 e. The van der Waals surface area contributed by atoms with Crippen molar-refractivity contribution in [2.75, 3.05) is 14.1 Å². The molecule has 0 saturated heterocycles. The Morgan fingerprint density at radius 1 is 1.13 bits per heavy atom. The zero-order valence-corrected chi connectivity index (χ0v) is 13.9. The Balaban J connectivity index is 1.77. The van der Waals surface area contributed by atoms with Crippen molar-refractivity contribution in [3.8, 4) is 11.6 Å². The van der Waals surface area contributed by atoms with Crippen LogP contribution in [0.4, 0.5) is 0 Å². The van der Waals surface area contributed by atoms with Gasteiger partial charge in [0.05, 0.1) is 5.69 Å². The van der Waals surface area contributed by atoms with Gasteiger partial charge in [-0.05, 0) is 31.6 Å². The molecule has 0 aliphatic rings. The van der Waals surface area contributed by atoms with Crippen molar-refractivity contribution in [1.29, 1.82) is 0 Å². The van der Waals surface area contributed by atoms with Crippen LogP contribution in [0.5, 0.6) is 0 Å². The minimum absolute atomic E-state index is 0.719. The predicted molar refractivity (Wildman–Crippen MR) is 90.0 cm³/mol. The van der Waals surface area contributed by atoms with Crippen LogP contribution >= 0.6 is 0 Å². The number of aromatic nitrogens is 3. The van der Waals surface area contributed by atoms with E-state index in [-0.39, 0.29) is 0 Å². The highest BCUT2D eigenvalue weighted by molar-refractivity contribution is 5.47. The normalized spacial score (nSPS) is 11.3. The van der Waals surface area contributed by atoms with E-state index in [1.54, 1.807) is 6.20 Å². The lowest BCUT2D eigenvalue weighted by atomic mass is 10.1. The fourth-order valence-corrected chi connectivity index (χ4v) is 2.56. The molecule has 0 aliphatic carbocycles. The molecule has 2 heterocycles. The molecule has 0 spiro atoms. The van der Waals surface area contributed by atoms with E-state index in [1.807, 2.05) is 12.3 Å². The average molecular weight is 310 g/mol. The molecule has 0 saturated carbocycles. The third-order valence-corrected chi connectivity index (χ3v) is 3.73. The van der Waals surface area contributed by atoms with E-state index < -0.39 is 0 Å². The molecule has 120 valence electrons. The van der Waals surface area contributed by atoms with Crippen molar-refractivity contribution in [2.45, 2.75) is 26.4 Å². The number of aryl methyl sites for hydroxylation is 1. The van der Waals surface area contributed by atoms with Gasteiger partial charge in [-0.2, -0.15) is 0 Å². The van der Waals surface area contributed by atoms with Crippen LogP contribution in [0.15, 0.2) is 47.2 Å². The van der Waals surface area contributed by atoms with Crippen LogP contribution in [0.2, 0.25) is 0 Å². The van der Waals surface area contributed by atoms with E-state index in [4.69, 9.17) is 4.52 Å². The lowest BCUT2D eigenvalue weighted by molar-refractivity contribution is 0.402. The Bertz CT molecular complexity index is 755. The second-order valence-corrected chi connectivity index (χ2v) is 5.97. The van der Waals surface area contributed by atoms with Crippen LogP contribution in [-0.2, 0) is 19.5 Å². The van der Waals surface area contributed by atoms with Crippen molar-refractivity contribution in [1.82, 2.24) is 19.6 Å².